The summed E-state index contributed by atoms with van der Waals surface area (Å²) in [5.74, 6) is 0.264. The van der Waals surface area contributed by atoms with E-state index < -0.39 is 11.7 Å². The molecule has 2 saturated heterocycles. The summed E-state index contributed by atoms with van der Waals surface area (Å²) < 4.78 is 11.2. The predicted molar refractivity (Wildman–Crippen MR) is 106 cm³/mol. The number of aromatic hydroxyl groups is 1. The summed E-state index contributed by atoms with van der Waals surface area (Å²) in [6, 6.07) is 3.24. The van der Waals surface area contributed by atoms with Gasteiger partial charge in [0.1, 0.15) is 29.8 Å². The van der Waals surface area contributed by atoms with Crippen LogP contribution in [0, 0.1) is 0 Å². The van der Waals surface area contributed by atoms with Gasteiger partial charge < -0.3 is 29.9 Å². The molecule has 2 aliphatic rings. The summed E-state index contributed by atoms with van der Waals surface area (Å²) in [7, 11) is 0. The number of hydrogen-bond acceptors (Lipinski definition) is 7. The number of likely N-dealkylation sites (tertiary alicyclic amines) is 1. The van der Waals surface area contributed by atoms with Gasteiger partial charge in [0.05, 0.1) is 12.1 Å². The molecule has 0 bridgehead atoms. The third-order valence-electron chi connectivity index (χ3n) is 5.65. The highest BCUT2D eigenvalue weighted by molar-refractivity contribution is 5.97. The molecule has 2 aliphatic heterocycles. The van der Waals surface area contributed by atoms with Gasteiger partial charge >= 0.3 is 6.09 Å². The Kier molecular flexibility index (Phi) is 6.64. The zero-order chi connectivity index (χ0) is 21.0. The Bertz CT molecular complexity index is 758. The first-order chi connectivity index (χ1) is 13.8. The molecule has 2 fully saturated rings. The van der Waals surface area contributed by atoms with Gasteiger partial charge in [0, 0.05) is 38.0 Å². The lowest BCUT2D eigenvalue weighted by atomic mass is 9.91. The minimum absolute atomic E-state index is 0.0348. The number of piperidine rings is 1. The number of amides is 1. The van der Waals surface area contributed by atoms with Crippen molar-refractivity contribution >= 4 is 11.9 Å². The Morgan fingerprint density at radius 1 is 1.38 bits per heavy atom. The van der Waals surface area contributed by atoms with E-state index in [0.717, 1.165) is 32.4 Å². The largest absolute Gasteiger partial charge is 0.507 e. The van der Waals surface area contributed by atoms with Crippen molar-refractivity contribution in [3.8, 4) is 11.5 Å². The Morgan fingerprint density at radius 2 is 2.10 bits per heavy atom. The number of phenolic OH excluding ortho intramolecular Hbond substituents is 1. The second-order valence-electron chi connectivity index (χ2n) is 7.94. The van der Waals surface area contributed by atoms with E-state index in [2.05, 4.69) is 10.2 Å². The molecule has 1 unspecified atom stereocenters. The number of nitrogens with one attached hydrogen (secondary N) is 1. The lowest BCUT2D eigenvalue weighted by Crippen LogP contribution is -2.49. The van der Waals surface area contributed by atoms with Gasteiger partial charge in [-0.15, -0.1) is 0 Å². The van der Waals surface area contributed by atoms with Crippen LogP contribution in [0.1, 0.15) is 49.0 Å². The lowest BCUT2D eigenvalue weighted by molar-refractivity contribution is -0.0142. The molecule has 3 rings (SSSR count). The number of hydrogen-bond donors (Lipinski definition) is 3. The molecule has 29 heavy (non-hydrogen) atoms. The first-order valence-electron chi connectivity index (χ1n) is 10.2. The molecule has 0 saturated carbocycles. The van der Waals surface area contributed by atoms with Crippen LogP contribution in [0.4, 0.5) is 4.79 Å². The van der Waals surface area contributed by atoms with Crippen LogP contribution in [0.5, 0.6) is 11.5 Å². The van der Waals surface area contributed by atoms with Gasteiger partial charge in [0.25, 0.3) is 0 Å². The highest BCUT2D eigenvalue weighted by Gasteiger charge is 2.42. The number of alkyl carbamates (subject to hydrolysis) is 1. The lowest BCUT2D eigenvalue weighted by Gasteiger charge is -2.37. The molecule has 0 aromatic heterocycles. The number of carbonyl (C=O) groups is 2. The van der Waals surface area contributed by atoms with Crippen molar-refractivity contribution in [2.75, 3.05) is 32.8 Å². The third kappa shape index (κ3) is 5.00. The molecule has 8 nitrogen and oxygen atoms in total. The van der Waals surface area contributed by atoms with Gasteiger partial charge in [-0.1, -0.05) is 13.3 Å². The van der Waals surface area contributed by atoms with Crippen molar-refractivity contribution in [2.45, 2.75) is 51.2 Å². The fraction of sp³-hybridized carbons (Fsp3) is 0.619. The van der Waals surface area contributed by atoms with Gasteiger partial charge in [-0.05, 0) is 25.5 Å². The van der Waals surface area contributed by atoms with E-state index in [1.54, 1.807) is 12.1 Å². The molecular formula is C21H30N2O6. The number of phenols is 1. The maximum absolute atomic E-state index is 11.7. The number of Topliss-reactive ketones (excluding diaryl/α,β-unsaturated/α-hetero) is 1. The second-order valence-corrected chi connectivity index (χ2v) is 7.94. The number of aliphatic hydroxyl groups excluding tert-OH is 1. The van der Waals surface area contributed by atoms with Crippen LogP contribution in [0.2, 0.25) is 0 Å². The van der Waals surface area contributed by atoms with E-state index in [0.29, 0.717) is 30.8 Å². The van der Waals surface area contributed by atoms with Crippen LogP contribution in [0.25, 0.3) is 0 Å². The predicted octanol–water partition coefficient (Wildman–Crippen LogP) is 1.86. The average Bonchev–Trinajstić information content (AvgIpc) is 3.04. The van der Waals surface area contributed by atoms with Crippen molar-refractivity contribution in [3.05, 3.63) is 23.3 Å². The summed E-state index contributed by atoms with van der Waals surface area (Å²) in [6.07, 6.45) is 1.80. The third-order valence-corrected chi connectivity index (χ3v) is 5.65. The standard InChI is InChI=1S/C21H30N2O6/c1-3-4-17-18(6-5-16(14(2)24)19(17)26)28-12-15(25)11-23-9-7-21(8-10-23)13-22-20(27)29-21/h5-6,15,25-26H,3-4,7-13H2,1-2H3,(H,22,27). The SMILES string of the molecule is CCCc1c(OCC(O)CN2CCC3(CC2)CNC(=O)O3)ccc(C(C)=O)c1O. The minimum Gasteiger partial charge on any atom is -0.507 e. The second kappa shape index (κ2) is 9.00. The van der Waals surface area contributed by atoms with Crippen molar-refractivity contribution in [2.24, 2.45) is 0 Å². The summed E-state index contributed by atoms with van der Waals surface area (Å²) >= 11 is 0. The number of β-amino-alcohol motifs (C(OH)–C–C–N with tert-alkyl or cyclic N) is 1. The molecular weight excluding hydrogens is 376 g/mol. The smallest absolute Gasteiger partial charge is 0.407 e. The van der Waals surface area contributed by atoms with Crippen molar-refractivity contribution in [1.29, 1.82) is 0 Å². The van der Waals surface area contributed by atoms with Crippen molar-refractivity contribution in [1.82, 2.24) is 10.2 Å². The normalized spacial score (nSPS) is 19.6. The molecule has 1 atom stereocenters. The molecule has 1 aromatic carbocycles. The van der Waals surface area contributed by atoms with E-state index in [-0.39, 0.29) is 29.8 Å². The van der Waals surface area contributed by atoms with Crippen LogP contribution < -0.4 is 10.1 Å². The summed E-state index contributed by atoms with van der Waals surface area (Å²) in [5.41, 5.74) is 0.480. The molecule has 8 heteroatoms. The molecule has 160 valence electrons. The van der Waals surface area contributed by atoms with Crippen LogP contribution in [0.15, 0.2) is 12.1 Å². The monoisotopic (exact) mass is 406 g/mol. The summed E-state index contributed by atoms with van der Waals surface area (Å²) in [4.78, 5) is 25.1. The van der Waals surface area contributed by atoms with E-state index in [1.165, 1.54) is 6.92 Å². The van der Waals surface area contributed by atoms with Crippen LogP contribution in [0.3, 0.4) is 0 Å². The fourth-order valence-electron chi connectivity index (χ4n) is 3.99. The Hall–Kier alpha value is -2.32. The number of rotatable bonds is 8. The number of ether oxygens (including phenoxy) is 2. The van der Waals surface area contributed by atoms with E-state index in [4.69, 9.17) is 9.47 Å². The Balaban J connectivity index is 1.53. The van der Waals surface area contributed by atoms with Gasteiger partial charge in [-0.2, -0.15) is 0 Å². The van der Waals surface area contributed by atoms with E-state index in [1.807, 2.05) is 6.92 Å². The molecule has 0 aliphatic carbocycles. The number of benzene rings is 1. The topological polar surface area (TPSA) is 108 Å². The zero-order valence-corrected chi connectivity index (χ0v) is 17.1. The number of ketones is 1. The Labute approximate surface area is 170 Å². The van der Waals surface area contributed by atoms with Crippen molar-refractivity contribution in [3.63, 3.8) is 0 Å². The fourth-order valence-corrected chi connectivity index (χ4v) is 3.99. The molecule has 3 N–H and O–H groups in total. The van der Waals surface area contributed by atoms with Gasteiger partial charge in [-0.3, -0.25) is 4.79 Å². The number of carbonyl (C=O) groups excluding carboxylic acids is 2. The molecule has 1 aromatic rings. The quantitative estimate of drug-likeness (QED) is 0.566. The first-order valence-corrected chi connectivity index (χ1v) is 10.2. The Morgan fingerprint density at radius 3 is 2.69 bits per heavy atom. The number of nitrogens with zero attached hydrogens (tertiary/aromatic N) is 1. The highest BCUT2D eigenvalue weighted by atomic mass is 16.6. The minimum atomic E-state index is -0.697. The average molecular weight is 406 g/mol. The van der Waals surface area contributed by atoms with E-state index in [9.17, 15) is 19.8 Å². The summed E-state index contributed by atoms with van der Waals surface area (Å²) in [6.45, 7) is 5.97. The summed E-state index contributed by atoms with van der Waals surface area (Å²) in [5, 5.41) is 23.5. The van der Waals surface area contributed by atoms with Gasteiger partial charge in [-0.25, -0.2) is 4.79 Å². The molecule has 2 heterocycles. The first kappa shape index (κ1) is 21.4. The molecule has 0 radical (unpaired) electrons. The molecule has 1 amide bonds. The van der Waals surface area contributed by atoms with Crippen LogP contribution >= 0.6 is 0 Å². The van der Waals surface area contributed by atoms with Crippen LogP contribution in [-0.2, 0) is 11.2 Å². The van der Waals surface area contributed by atoms with E-state index >= 15 is 0 Å². The van der Waals surface area contributed by atoms with Gasteiger partial charge in [0.15, 0.2) is 5.78 Å². The highest BCUT2D eigenvalue weighted by Crippen LogP contribution is 2.33. The molecule has 1 spiro atoms. The van der Waals surface area contributed by atoms with Crippen LogP contribution in [-0.4, -0.2) is 71.5 Å². The maximum atomic E-state index is 11.7. The number of aliphatic hydroxyl groups is 1. The maximum Gasteiger partial charge on any atom is 0.407 e. The van der Waals surface area contributed by atoms with Crippen molar-refractivity contribution < 1.29 is 29.3 Å². The zero-order valence-electron chi connectivity index (χ0n) is 17.1. The van der Waals surface area contributed by atoms with Gasteiger partial charge in [0.2, 0.25) is 0 Å².